The summed E-state index contributed by atoms with van der Waals surface area (Å²) in [5.41, 5.74) is 0.972. The minimum Gasteiger partial charge on any atom is -0.367 e. The molecule has 0 spiro atoms. The van der Waals surface area contributed by atoms with Crippen LogP contribution in [0.3, 0.4) is 0 Å². The molecule has 2 aromatic heterocycles. The summed E-state index contributed by atoms with van der Waals surface area (Å²) in [6, 6.07) is 2.57. The third kappa shape index (κ3) is 2.41. The molecule has 2 aromatic rings. The average molecular weight is 259 g/mol. The van der Waals surface area contributed by atoms with E-state index in [0.717, 1.165) is 23.3 Å². The SMILES string of the molecule is Cc1cc(NC2CCC(C)C(C)C2)n2ncnc2n1. The minimum absolute atomic E-state index is 0.528. The van der Waals surface area contributed by atoms with E-state index in [1.165, 1.54) is 19.3 Å². The fraction of sp³-hybridized carbons (Fsp3) is 0.643. The second-order valence-electron chi connectivity index (χ2n) is 5.86. The number of nitrogens with zero attached hydrogens (tertiary/aromatic N) is 4. The topological polar surface area (TPSA) is 55.1 Å². The maximum Gasteiger partial charge on any atom is 0.254 e. The Morgan fingerprint density at radius 2 is 2.11 bits per heavy atom. The predicted molar refractivity (Wildman–Crippen MR) is 75.1 cm³/mol. The van der Waals surface area contributed by atoms with Crippen molar-refractivity contribution in [2.24, 2.45) is 11.8 Å². The van der Waals surface area contributed by atoms with Crippen LogP contribution in [0.2, 0.25) is 0 Å². The number of aromatic nitrogens is 4. The number of aryl methyl sites for hydroxylation is 1. The number of hydrogen-bond donors (Lipinski definition) is 1. The molecule has 19 heavy (non-hydrogen) atoms. The van der Waals surface area contributed by atoms with Crippen molar-refractivity contribution in [2.45, 2.75) is 46.1 Å². The summed E-state index contributed by atoms with van der Waals surface area (Å²) < 4.78 is 1.79. The standard InChI is InChI=1S/C14H21N5/c1-9-4-5-12(6-10(9)2)18-13-7-11(3)17-14-15-8-16-19(13)14/h7-10,12,18H,4-6H2,1-3H3. The molecule has 0 bridgehead atoms. The van der Waals surface area contributed by atoms with E-state index in [1.807, 2.05) is 13.0 Å². The van der Waals surface area contributed by atoms with E-state index < -0.39 is 0 Å². The molecule has 1 fully saturated rings. The van der Waals surface area contributed by atoms with Gasteiger partial charge in [0.15, 0.2) is 0 Å². The molecule has 2 heterocycles. The Hall–Kier alpha value is -1.65. The Labute approximate surface area is 113 Å². The van der Waals surface area contributed by atoms with E-state index in [2.05, 4.69) is 34.2 Å². The maximum absolute atomic E-state index is 4.37. The normalized spacial score (nSPS) is 27.6. The van der Waals surface area contributed by atoms with E-state index in [4.69, 9.17) is 0 Å². The van der Waals surface area contributed by atoms with Crippen LogP contribution in [-0.2, 0) is 0 Å². The highest BCUT2D eigenvalue weighted by Gasteiger charge is 2.25. The number of hydrogen-bond acceptors (Lipinski definition) is 4. The van der Waals surface area contributed by atoms with Crippen LogP contribution in [0.5, 0.6) is 0 Å². The first-order chi connectivity index (χ1) is 9.13. The second kappa shape index (κ2) is 4.79. The summed E-state index contributed by atoms with van der Waals surface area (Å²) in [5.74, 6) is 3.29. The zero-order valence-electron chi connectivity index (χ0n) is 11.8. The fourth-order valence-corrected chi connectivity index (χ4v) is 2.92. The van der Waals surface area contributed by atoms with Gasteiger partial charge in [-0.05, 0) is 38.0 Å². The predicted octanol–water partition coefficient (Wildman–Crippen LogP) is 2.67. The summed E-state index contributed by atoms with van der Waals surface area (Å²) in [6.45, 7) is 6.69. The van der Waals surface area contributed by atoms with E-state index >= 15 is 0 Å². The van der Waals surface area contributed by atoms with Crippen molar-refractivity contribution in [3.63, 3.8) is 0 Å². The Kier molecular flexibility index (Phi) is 3.12. The van der Waals surface area contributed by atoms with Crippen LogP contribution in [0, 0.1) is 18.8 Å². The van der Waals surface area contributed by atoms with Crippen LogP contribution in [0.4, 0.5) is 5.82 Å². The van der Waals surface area contributed by atoms with Crippen molar-refractivity contribution in [1.29, 1.82) is 0 Å². The number of rotatable bonds is 2. The lowest BCUT2D eigenvalue weighted by molar-refractivity contribution is 0.260. The molecule has 5 heteroatoms. The number of fused-ring (bicyclic) bond motifs is 1. The van der Waals surface area contributed by atoms with Gasteiger partial charge in [-0.15, -0.1) is 0 Å². The lowest BCUT2D eigenvalue weighted by Gasteiger charge is -2.33. The van der Waals surface area contributed by atoms with Crippen LogP contribution in [0.15, 0.2) is 12.4 Å². The van der Waals surface area contributed by atoms with E-state index in [-0.39, 0.29) is 0 Å². The highest BCUT2D eigenvalue weighted by atomic mass is 15.4. The summed E-state index contributed by atoms with van der Waals surface area (Å²) >= 11 is 0. The monoisotopic (exact) mass is 259 g/mol. The summed E-state index contributed by atoms with van der Waals surface area (Å²) in [7, 11) is 0. The lowest BCUT2D eigenvalue weighted by Crippen LogP contribution is -2.31. The van der Waals surface area contributed by atoms with Crippen LogP contribution in [0.1, 0.15) is 38.8 Å². The Morgan fingerprint density at radius 3 is 2.89 bits per heavy atom. The van der Waals surface area contributed by atoms with Crippen molar-refractivity contribution in [2.75, 3.05) is 5.32 Å². The molecular weight excluding hydrogens is 238 g/mol. The molecule has 3 atom stereocenters. The van der Waals surface area contributed by atoms with Gasteiger partial charge in [0.2, 0.25) is 0 Å². The van der Waals surface area contributed by atoms with Gasteiger partial charge in [-0.3, -0.25) is 0 Å². The van der Waals surface area contributed by atoms with E-state index in [1.54, 1.807) is 10.8 Å². The minimum atomic E-state index is 0.528. The molecule has 1 aliphatic carbocycles. The number of nitrogens with one attached hydrogen (secondary N) is 1. The van der Waals surface area contributed by atoms with Gasteiger partial charge in [-0.2, -0.15) is 14.6 Å². The van der Waals surface area contributed by atoms with Crippen molar-refractivity contribution >= 4 is 11.6 Å². The molecule has 1 aliphatic rings. The summed E-state index contributed by atoms with van der Waals surface area (Å²) in [5, 5.41) is 7.86. The molecular formula is C14H21N5. The Balaban J connectivity index is 1.83. The molecule has 0 aromatic carbocycles. The maximum atomic E-state index is 4.37. The molecule has 1 N–H and O–H groups in total. The van der Waals surface area contributed by atoms with E-state index in [0.29, 0.717) is 11.8 Å². The van der Waals surface area contributed by atoms with Gasteiger partial charge in [0, 0.05) is 17.8 Å². The highest BCUT2D eigenvalue weighted by Crippen LogP contribution is 2.31. The van der Waals surface area contributed by atoms with Crippen molar-refractivity contribution < 1.29 is 0 Å². The van der Waals surface area contributed by atoms with Gasteiger partial charge < -0.3 is 5.32 Å². The largest absolute Gasteiger partial charge is 0.367 e. The van der Waals surface area contributed by atoms with Gasteiger partial charge in [0.25, 0.3) is 5.78 Å². The van der Waals surface area contributed by atoms with Crippen molar-refractivity contribution in [3.05, 3.63) is 18.1 Å². The van der Waals surface area contributed by atoms with Crippen molar-refractivity contribution in [1.82, 2.24) is 19.6 Å². The molecule has 102 valence electrons. The second-order valence-corrected chi connectivity index (χ2v) is 5.86. The molecule has 0 aliphatic heterocycles. The molecule has 0 saturated heterocycles. The molecule has 1 saturated carbocycles. The van der Waals surface area contributed by atoms with Gasteiger partial charge in [0.05, 0.1) is 0 Å². The van der Waals surface area contributed by atoms with Crippen LogP contribution < -0.4 is 5.32 Å². The average Bonchev–Trinajstić information content (AvgIpc) is 2.82. The Morgan fingerprint density at radius 1 is 1.26 bits per heavy atom. The molecule has 5 nitrogen and oxygen atoms in total. The van der Waals surface area contributed by atoms with Crippen LogP contribution in [-0.4, -0.2) is 25.6 Å². The fourth-order valence-electron chi connectivity index (χ4n) is 2.92. The first-order valence-electron chi connectivity index (χ1n) is 7.07. The molecule has 3 unspecified atom stereocenters. The van der Waals surface area contributed by atoms with Gasteiger partial charge in [0.1, 0.15) is 12.1 Å². The molecule has 0 radical (unpaired) electrons. The molecule has 0 amide bonds. The third-order valence-corrected chi connectivity index (χ3v) is 4.33. The first-order valence-corrected chi connectivity index (χ1v) is 7.07. The first kappa shape index (κ1) is 12.4. The van der Waals surface area contributed by atoms with Crippen molar-refractivity contribution in [3.8, 4) is 0 Å². The lowest BCUT2D eigenvalue weighted by atomic mass is 9.79. The van der Waals surface area contributed by atoms with Crippen LogP contribution in [0.25, 0.3) is 5.78 Å². The van der Waals surface area contributed by atoms with Gasteiger partial charge >= 0.3 is 0 Å². The third-order valence-electron chi connectivity index (χ3n) is 4.33. The van der Waals surface area contributed by atoms with Crippen LogP contribution >= 0.6 is 0 Å². The number of anilines is 1. The zero-order valence-corrected chi connectivity index (χ0v) is 11.8. The van der Waals surface area contributed by atoms with E-state index in [9.17, 15) is 0 Å². The quantitative estimate of drug-likeness (QED) is 0.901. The molecule has 3 rings (SSSR count). The summed E-state index contributed by atoms with van der Waals surface area (Å²) in [4.78, 5) is 8.53. The summed E-state index contributed by atoms with van der Waals surface area (Å²) in [6.07, 6.45) is 5.30. The smallest absolute Gasteiger partial charge is 0.254 e. The highest BCUT2D eigenvalue weighted by molar-refractivity contribution is 5.45. The van der Waals surface area contributed by atoms with Gasteiger partial charge in [-0.1, -0.05) is 13.8 Å². The Bertz CT molecular complexity index is 576. The zero-order chi connectivity index (χ0) is 13.4. The van der Waals surface area contributed by atoms with Gasteiger partial charge in [-0.25, -0.2) is 4.98 Å².